The Morgan fingerprint density at radius 2 is 1.38 bits per heavy atom. The van der Waals surface area contributed by atoms with E-state index in [2.05, 4.69) is 11.5 Å². The maximum absolute atomic E-state index is 8.98. The minimum atomic E-state index is -0.0258. The number of hydrogen-bond donors (Lipinski definition) is 0. The summed E-state index contributed by atoms with van der Waals surface area (Å²) in [4.78, 5) is 0. The van der Waals surface area contributed by atoms with Crippen LogP contribution in [-0.4, -0.2) is 4.57 Å². The molecule has 4 rings (SSSR count). The third kappa shape index (κ3) is 4.23. The van der Waals surface area contributed by atoms with Crippen molar-refractivity contribution >= 4 is 23.1 Å². The molecule has 7 nitrogen and oxygen atoms in total. The van der Waals surface area contributed by atoms with Crippen molar-refractivity contribution in [1.82, 2.24) is 4.57 Å². The van der Waals surface area contributed by atoms with Gasteiger partial charge in [0.25, 0.3) is 0 Å². The van der Waals surface area contributed by atoms with Gasteiger partial charge in [-0.25, -0.2) is 0 Å². The van der Waals surface area contributed by atoms with Crippen LogP contribution in [0.1, 0.15) is 24.9 Å². The molecule has 0 spiro atoms. The highest BCUT2D eigenvalue weighted by atomic mass is 16.3. The van der Waals surface area contributed by atoms with Crippen LogP contribution in [0.5, 0.6) is 0 Å². The van der Waals surface area contributed by atoms with E-state index in [4.69, 9.17) is 29.9 Å². The van der Waals surface area contributed by atoms with E-state index in [0.717, 1.165) is 35.1 Å². The van der Waals surface area contributed by atoms with Gasteiger partial charge in [0.2, 0.25) is 0 Å². The average Bonchev–Trinajstić information content (AvgIpc) is 3.60. The Hall–Kier alpha value is -5.24. The number of nitriles is 4. The Labute approximate surface area is 195 Å². The molecule has 1 aromatic carbocycles. The average molecular weight is 443 g/mol. The standard InChI is InChI=1S/C27H17N5O2/c1-2-9-32-24-13-21(26-7-5-22(33-26)10-18(14-28)15-29)4-3-20(24)12-25(32)27-8-6-23(34-27)11-19(16-30)17-31/h3-8,10-13H,2,9H2,1H3. The van der Waals surface area contributed by atoms with E-state index in [1.54, 1.807) is 18.2 Å². The summed E-state index contributed by atoms with van der Waals surface area (Å²) in [6, 6.07) is 22.4. The number of furan rings is 2. The summed E-state index contributed by atoms with van der Waals surface area (Å²) in [6.07, 6.45) is 3.73. The molecule has 0 saturated heterocycles. The molecule has 0 unspecified atom stereocenters. The lowest BCUT2D eigenvalue weighted by molar-refractivity contribution is 0.562. The van der Waals surface area contributed by atoms with E-state index in [1.807, 2.05) is 54.6 Å². The minimum absolute atomic E-state index is 0.0241. The summed E-state index contributed by atoms with van der Waals surface area (Å²) in [5.74, 6) is 2.13. The third-order valence-electron chi connectivity index (χ3n) is 5.20. The number of fused-ring (bicyclic) bond motifs is 1. The van der Waals surface area contributed by atoms with Crippen LogP contribution in [0.15, 0.2) is 68.5 Å². The van der Waals surface area contributed by atoms with E-state index in [1.165, 1.54) is 12.2 Å². The van der Waals surface area contributed by atoms with Gasteiger partial charge < -0.3 is 13.4 Å². The summed E-state index contributed by atoms with van der Waals surface area (Å²) in [5.41, 5.74) is 2.70. The molecule has 0 N–H and O–H groups in total. The Bertz CT molecular complexity index is 1580. The molecule has 0 radical (unpaired) electrons. The zero-order chi connectivity index (χ0) is 24.1. The fraction of sp³-hybridized carbons (Fsp3) is 0.111. The fourth-order valence-corrected chi connectivity index (χ4v) is 3.69. The Morgan fingerprint density at radius 1 is 0.794 bits per heavy atom. The van der Waals surface area contributed by atoms with Gasteiger partial charge in [0, 0.05) is 35.2 Å². The normalized spacial score (nSPS) is 10.0. The summed E-state index contributed by atoms with van der Waals surface area (Å²) in [7, 11) is 0. The van der Waals surface area contributed by atoms with E-state index in [-0.39, 0.29) is 11.1 Å². The summed E-state index contributed by atoms with van der Waals surface area (Å²) < 4.78 is 13.9. The first-order valence-corrected chi connectivity index (χ1v) is 10.5. The predicted molar refractivity (Wildman–Crippen MR) is 126 cm³/mol. The molecule has 3 heterocycles. The van der Waals surface area contributed by atoms with Crippen molar-refractivity contribution in [2.24, 2.45) is 0 Å². The maximum atomic E-state index is 8.98. The summed E-state index contributed by atoms with van der Waals surface area (Å²) >= 11 is 0. The zero-order valence-corrected chi connectivity index (χ0v) is 18.2. The molecule has 0 amide bonds. The Kier molecular flexibility index (Phi) is 6.13. The van der Waals surface area contributed by atoms with Crippen molar-refractivity contribution in [2.45, 2.75) is 19.9 Å². The van der Waals surface area contributed by atoms with Gasteiger partial charge in [0.1, 0.15) is 52.7 Å². The molecule has 162 valence electrons. The maximum Gasteiger partial charge on any atom is 0.151 e. The molecule has 0 atom stereocenters. The molecule has 0 bridgehead atoms. The minimum Gasteiger partial charge on any atom is -0.457 e. The molecular formula is C27H17N5O2. The van der Waals surface area contributed by atoms with Crippen LogP contribution in [0, 0.1) is 45.3 Å². The second-order valence-corrected chi connectivity index (χ2v) is 7.42. The predicted octanol–water partition coefficient (Wildman–Crippen LogP) is 6.43. The van der Waals surface area contributed by atoms with Gasteiger partial charge in [-0.15, -0.1) is 0 Å². The van der Waals surface area contributed by atoms with Crippen molar-refractivity contribution in [1.29, 1.82) is 21.0 Å². The van der Waals surface area contributed by atoms with Crippen molar-refractivity contribution < 1.29 is 8.83 Å². The van der Waals surface area contributed by atoms with Gasteiger partial charge in [0.15, 0.2) is 5.76 Å². The van der Waals surface area contributed by atoms with Gasteiger partial charge in [-0.05, 0) is 42.8 Å². The van der Waals surface area contributed by atoms with Crippen molar-refractivity contribution in [3.05, 3.63) is 71.2 Å². The van der Waals surface area contributed by atoms with Crippen LogP contribution < -0.4 is 0 Å². The summed E-state index contributed by atoms with van der Waals surface area (Å²) in [5, 5.41) is 36.9. The first-order chi connectivity index (χ1) is 16.6. The van der Waals surface area contributed by atoms with Crippen LogP contribution in [0.3, 0.4) is 0 Å². The fourth-order valence-electron chi connectivity index (χ4n) is 3.69. The largest absolute Gasteiger partial charge is 0.457 e. The van der Waals surface area contributed by atoms with Crippen molar-refractivity contribution in [2.75, 3.05) is 0 Å². The van der Waals surface area contributed by atoms with E-state index < -0.39 is 0 Å². The van der Waals surface area contributed by atoms with Gasteiger partial charge in [-0.3, -0.25) is 0 Å². The summed E-state index contributed by atoms with van der Waals surface area (Å²) in [6.45, 7) is 2.85. The first-order valence-electron chi connectivity index (χ1n) is 10.5. The highest BCUT2D eigenvalue weighted by molar-refractivity contribution is 5.89. The van der Waals surface area contributed by atoms with E-state index >= 15 is 0 Å². The number of rotatable bonds is 6. The van der Waals surface area contributed by atoms with Crippen molar-refractivity contribution in [3.8, 4) is 47.1 Å². The highest BCUT2D eigenvalue weighted by Crippen LogP contribution is 2.33. The number of nitrogens with zero attached hydrogens (tertiary/aromatic N) is 5. The Morgan fingerprint density at radius 3 is 1.97 bits per heavy atom. The van der Waals surface area contributed by atoms with Gasteiger partial charge in [-0.1, -0.05) is 19.1 Å². The van der Waals surface area contributed by atoms with Gasteiger partial charge in [-0.2, -0.15) is 21.0 Å². The van der Waals surface area contributed by atoms with E-state index in [9.17, 15) is 0 Å². The molecule has 0 aliphatic rings. The second kappa shape index (κ2) is 9.49. The molecule has 0 aliphatic heterocycles. The molecular weight excluding hydrogens is 426 g/mol. The van der Waals surface area contributed by atoms with Crippen LogP contribution in [0.2, 0.25) is 0 Å². The number of hydrogen-bond acceptors (Lipinski definition) is 6. The number of allylic oxidation sites excluding steroid dienone is 2. The first kappa shape index (κ1) is 22.0. The smallest absolute Gasteiger partial charge is 0.151 e. The third-order valence-corrected chi connectivity index (χ3v) is 5.20. The van der Waals surface area contributed by atoms with Crippen LogP contribution in [0.4, 0.5) is 0 Å². The monoisotopic (exact) mass is 443 g/mol. The zero-order valence-electron chi connectivity index (χ0n) is 18.2. The lowest BCUT2D eigenvalue weighted by Crippen LogP contribution is -1.98. The molecule has 3 aromatic heterocycles. The molecule has 0 saturated carbocycles. The van der Waals surface area contributed by atoms with E-state index in [0.29, 0.717) is 23.0 Å². The molecule has 0 fully saturated rings. The van der Waals surface area contributed by atoms with Crippen LogP contribution >= 0.6 is 0 Å². The highest BCUT2D eigenvalue weighted by Gasteiger charge is 2.15. The molecule has 7 heteroatoms. The topological polar surface area (TPSA) is 126 Å². The van der Waals surface area contributed by atoms with Crippen LogP contribution in [0.25, 0.3) is 45.8 Å². The Balaban J connectivity index is 1.76. The van der Waals surface area contributed by atoms with Gasteiger partial charge in [0.05, 0.1) is 5.69 Å². The number of benzene rings is 1. The molecule has 0 aliphatic carbocycles. The second-order valence-electron chi connectivity index (χ2n) is 7.42. The molecule has 34 heavy (non-hydrogen) atoms. The van der Waals surface area contributed by atoms with Gasteiger partial charge >= 0.3 is 0 Å². The number of aryl methyl sites for hydroxylation is 1. The lowest BCUT2D eigenvalue weighted by atomic mass is 10.1. The molecule has 4 aromatic rings. The SMILES string of the molecule is CCCn1c(-c2ccc(C=C(C#N)C#N)o2)cc2ccc(-c3ccc(C=C(C#N)C#N)o3)cc21. The lowest BCUT2D eigenvalue weighted by Gasteiger charge is -2.08. The number of aromatic nitrogens is 1. The quantitative estimate of drug-likeness (QED) is 0.316. The van der Waals surface area contributed by atoms with Crippen molar-refractivity contribution in [3.63, 3.8) is 0 Å². The van der Waals surface area contributed by atoms with Crippen LogP contribution in [-0.2, 0) is 6.54 Å².